The highest BCUT2D eigenvalue weighted by atomic mass is 32.1. The molecule has 3 nitrogen and oxygen atoms in total. The molecule has 2 aromatic rings. The molecule has 100 valence electrons. The molecular formula is C15H18N2OS. The average Bonchev–Trinajstić information content (AvgIpc) is 2.77. The predicted molar refractivity (Wildman–Crippen MR) is 80.4 cm³/mol. The van der Waals surface area contributed by atoms with Crippen LogP contribution in [0, 0.1) is 12.8 Å². The Bertz CT molecular complexity index is 558. The number of carbonyl (C=O) groups is 1. The van der Waals surface area contributed by atoms with E-state index in [0.29, 0.717) is 17.5 Å². The van der Waals surface area contributed by atoms with E-state index in [1.165, 1.54) is 16.9 Å². The predicted octanol–water partition coefficient (Wildman–Crippen LogP) is 4.10. The Morgan fingerprint density at radius 1 is 1.32 bits per heavy atom. The van der Waals surface area contributed by atoms with E-state index in [4.69, 9.17) is 0 Å². The van der Waals surface area contributed by atoms with Crippen LogP contribution in [-0.2, 0) is 4.79 Å². The number of anilines is 1. The summed E-state index contributed by atoms with van der Waals surface area (Å²) in [5, 5.41) is 5.48. The van der Waals surface area contributed by atoms with Gasteiger partial charge in [0.1, 0.15) is 0 Å². The minimum absolute atomic E-state index is 0.0276. The SMILES string of the molecule is Cc1ccc(-c2csc(NC(=O)CC(C)C)n2)cc1. The third-order valence-electron chi connectivity index (χ3n) is 2.69. The Morgan fingerprint density at radius 2 is 2.00 bits per heavy atom. The number of benzene rings is 1. The molecular weight excluding hydrogens is 256 g/mol. The Balaban J connectivity index is 2.07. The summed E-state index contributed by atoms with van der Waals surface area (Å²) in [5.74, 6) is 0.385. The molecule has 1 aromatic carbocycles. The van der Waals surface area contributed by atoms with Gasteiger partial charge in [-0.1, -0.05) is 43.7 Å². The lowest BCUT2D eigenvalue weighted by molar-refractivity contribution is -0.116. The number of thiazole rings is 1. The van der Waals surface area contributed by atoms with Gasteiger partial charge in [-0.2, -0.15) is 0 Å². The van der Waals surface area contributed by atoms with Crippen LogP contribution in [0.4, 0.5) is 5.13 Å². The number of aryl methyl sites for hydroxylation is 1. The summed E-state index contributed by atoms with van der Waals surface area (Å²) in [5.41, 5.74) is 3.21. The molecule has 2 rings (SSSR count). The molecule has 0 aliphatic carbocycles. The van der Waals surface area contributed by atoms with Crippen molar-refractivity contribution in [3.05, 3.63) is 35.2 Å². The van der Waals surface area contributed by atoms with Gasteiger partial charge in [0.15, 0.2) is 5.13 Å². The molecule has 0 aliphatic heterocycles. The van der Waals surface area contributed by atoms with Crippen molar-refractivity contribution in [2.24, 2.45) is 5.92 Å². The van der Waals surface area contributed by atoms with E-state index in [-0.39, 0.29) is 5.91 Å². The van der Waals surface area contributed by atoms with E-state index in [1.807, 2.05) is 31.4 Å². The van der Waals surface area contributed by atoms with Gasteiger partial charge in [0, 0.05) is 17.4 Å². The van der Waals surface area contributed by atoms with E-state index in [0.717, 1.165) is 11.3 Å². The summed E-state index contributed by atoms with van der Waals surface area (Å²) in [4.78, 5) is 16.1. The van der Waals surface area contributed by atoms with Crippen molar-refractivity contribution >= 4 is 22.4 Å². The highest BCUT2D eigenvalue weighted by molar-refractivity contribution is 7.14. The fourth-order valence-electron chi connectivity index (χ4n) is 1.73. The zero-order chi connectivity index (χ0) is 13.8. The Morgan fingerprint density at radius 3 is 2.63 bits per heavy atom. The minimum atomic E-state index is 0.0276. The molecule has 0 saturated heterocycles. The second-order valence-corrected chi connectivity index (χ2v) is 5.91. The molecule has 0 fully saturated rings. The number of carbonyl (C=O) groups excluding carboxylic acids is 1. The maximum atomic E-state index is 11.7. The Hall–Kier alpha value is -1.68. The van der Waals surface area contributed by atoms with Crippen LogP contribution < -0.4 is 5.32 Å². The Labute approximate surface area is 117 Å². The second-order valence-electron chi connectivity index (χ2n) is 5.05. The lowest BCUT2D eigenvalue weighted by Gasteiger charge is -2.03. The molecule has 19 heavy (non-hydrogen) atoms. The topological polar surface area (TPSA) is 42.0 Å². The number of hydrogen-bond donors (Lipinski definition) is 1. The van der Waals surface area contributed by atoms with Crippen molar-refractivity contribution in [1.29, 1.82) is 0 Å². The van der Waals surface area contributed by atoms with Gasteiger partial charge in [-0.15, -0.1) is 11.3 Å². The van der Waals surface area contributed by atoms with Crippen LogP contribution in [0.1, 0.15) is 25.8 Å². The van der Waals surface area contributed by atoms with Crippen molar-refractivity contribution in [2.75, 3.05) is 5.32 Å². The van der Waals surface area contributed by atoms with Crippen molar-refractivity contribution < 1.29 is 4.79 Å². The molecule has 0 radical (unpaired) electrons. The van der Waals surface area contributed by atoms with Crippen molar-refractivity contribution in [3.8, 4) is 11.3 Å². The first-order chi connectivity index (χ1) is 9.04. The molecule has 0 unspecified atom stereocenters. The molecule has 0 spiro atoms. The van der Waals surface area contributed by atoms with Crippen LogP contribution in [0.25, 0.3) is 11.3 Å². The maximum absolute atomic E-state index is 11.7. The van der Waals surface area contributed by atoms with Crippen LogP contribution in [0.2, 0.25) is 0 Å². The average molecular weight is 274 g/mol. The standard InChI is InChI=1S/C15H18N2OS/c1-10(2)8-14(18)17-15-16-13(9-19-15)12-6-4-11(3)5-7-12/h4-7,9-10H,8H2,1-3H3,(H,16,17,18). The van der Waals surface area contributed by atoms with E-state index in [1.54, 1.807) is 0 Å². The summed E-state index contributed by atoms with van der Waals surface area (Å²) in [6.45, 7) is 6.11. The number of hydrogen-bond acceptors (Lipinski definition) is 3. The van der Waals surface area contributed by atoms with Gasteiger partial charge in [0.25, 0.3) is 0 Å². The molecule has 0 bridgehead atoms. The van der Waals surface area contributed by atoms with E-state index >= 15 is 0 Å². The van der Waals surface area contributed by atoms with Crippen molar-refractivity contribution in [2.45, 2.75) is 27.2 Å². The highest BCUT2D eigenvalue weighted by Crippen LogP contribution is 2.25. The molecule has 1 heterocycles. The second kappa shape index (κ2) is 5.97. The number of rotatable bonds is 4. The highest BCUT2D eigenvalue weighted by Gasteiger charge is 2.09. The number of amides is 1. The van der Waals surface area contributed by atoms with Gasteiger partial charge in [-0.3, -0.25) is 4.79 Å². The summed E-state index contributed by atoms with van der Waals surface area (Å²) >= 11 is 1.46. The van der Waals surface area contributed by atoms with E-state index in [9.17, 15) is 4.79 Å². The normalized spacial score (nSPS) is 10.7. The molecule has 1 aromatic heterocycles. The van der Waals surface area contributed by atoms with Gasteiger partial charge in [-0.25, -0.2) is 4.98 Å². The monoisotopic (exact) mass is 274 g/mol. The molecule has 4 heteroatoms. The van der Waals surface area contributed by atoms with Gasteiger partial charge in [0.2, 0.25) is 5.91 Å². The van der Waals surface area contributed by atoms with Crippen molar-refractivity contribution in [1.82, 2.24) is 4.98 Å². The summed E-state index contributed by atoms with van der Waals surface area (Å²) in [6, 6.07) is 8.21. The first kappa shape index (κ1) is 13.7. The first-order valence-corrected chi connectivity index (χ1v) is 7.25. The van der Waals surface area contributed by atoms with Gasteiger partial charge in [-0.05, 0) is 12.8 Å². The van der Waals surface area contributed by atoms with Gasteiger partial charge >= 0.3 is 0 Å². The number of nitrogens with zero attached hydrogens (tertiary/aromatic N) is 1. The van der Waals surface area contributed by atoms with Crippen LogP contribution in [0.3, 0.4) is 0 Å². The fourth-order valence-corrected chi connectivity index (χ4v) is 2.47. The summed E-state index contributed by atoms with van der Waals surface area (Å²) < 4.78 is 0. The van der Waals surface area contributed by atoms with Crippen molar-refractivity contribution in [3.63, 3.8) is 0 Å². The van der Waals surface area contributed by atoms with Crippen LogP contribution in [0.15, 0.2) is 29.6 Å². The lowest BCUT2D eigenvalue weighted by atomic mass is 10.1. The summed E-state index contributed by atoms with van der Waals surface area (Å²) in [6.07, 6.45) is 0.527. The summed E-state index contributed by atoms with van der Waals surface area (Å²) in [7, 11) is 0. The molecule has 1 amide bonds. The molecule has 1 N–H and O–H groups in total. The molecule has 0 atom stereocenters. The third-order valence-corrected chi connectivity index (χ3v) is 3.45. The van der Waals surface area contributed by atoms with Gasteiger partial charge < -0.3 is 5.32 Å². The Kier molecular flexibility index (Phi) is 4.32. The number of nitrogens with one attached hydrogen (secondary N) is 1. The maximum Gasteiger partial charge on any atom is 0.226 e. The van der Waals surface area contributed by atoms with E-state index < -0.39 is 0 Å². The lowest BCUT2D eigenvalue weighted by Crippen LogP contribution is -2.13. The molecule has 0 aliphatic rings. The largest absolute Gasteiger partial charge is 0.302 e. The third kappa shape index (κ3) is 3.89. The minimum Gasteiger partial charge on any atom is -0.302 e. The fraction of sp³-hybridized carbons (Fsp3) is 0.333. The van der Waals surface area contributed by atoms with Crippen LogP contribution in [0.5, 0.6) is 0 Å². The number of aromatic nitrogens is 1. The van der Waals surface area contributed by atoms with E-state index in [2.05, 4.69) is 29.4 Å². The quantitative estimate of drug-likeness (QED) is 0.912. The smallest absolute Gasteiger partial charge is 0.226 e. The van der Waals surface area contributed by atoms with Crippen LogP contribution in [-0.4, -0.2) is 10.9 Å². The zero-order valence-electron chi connectivity index (χ0n) is 11.4. The first-order valence-electron chi connectivity index (χ1n) is 6.37. The van der Waals surface area contributed by atoms with Gasteiger partial charge in [0.05, 0.1) is 5.69 Å². The van der Waals surface area contributed by atoms with Crippen LogP contribution >= 0.6 is 11.3 Å². The zero-order valence-corrected chi connectivity index (χ0v) is 12.3. The molecule has 0 saturated carbocycles.